The van der Waals surface area contributed by atoms with Gasteiger partial charge in [0.2, 0.25) is 0 Å². The molecule has 1 saturated heterocycles. The molecule has 1 aliphatic heterocycles. The summed E-state index contributed by atoms with van der Waals surface area (Å²) in [5.74, 6) is 0.637. The van der Waals surface area contributed by atoms with Crippen LogP contribution in [0.15, 0.2) is 18.3 Å². The Bertz CT molecular complexity index is 568. The van der Waals surface area contributed by atoms with Gasteiger partial charge in [0.1, 0.15) is 17.3 Å². The number of hydrogen-bond donors (Lipinski definition) is 2. The van der Waals surface area contributed by atoms with E-state index in [0.29, 0.717) is 5.69 Å². The van der Waals surface area contributed by atoms with Crippen LogP contribution in [0.5, 0.6) is 0 Å². The molecule has 4 nitrogen and oxygen atoms in total. The zero-order valence-electron chi connectivity index (χ0n) is 11.6. The number of nitrogens with one attached hydrogen (secondary N) is 2. The molecule has 0 spiro atoms. The monoisotopic (exact) mass is 274 g/mol. The third kappa shape index (κ3) is 2.72. The summed E-state index contributed by atoms with van der Waals surface area (Å²) in [4.78, 5) is 12.1. The van der Waals surface area contributed by atoms with Crippen LogP contribution < -0.4 is 5.32 Å². The van der Waals surface area contributed by atoms with Gasteiger partial charge in [-0.25, -0.2) is 9.37 Å². The first-order valence-electron chi connectivity index (χ1n) is 7.16. The molecular formula is C15H19FN4. The van der Waals surface area contributed by atoms with E-state index in [4.69, 9.17) is 0 Å². The van der Waals surface area contributed by atoms with Gasteiger partial charge in [-0.3, -0.25) is 4.98 Å². The summed E-state index contributed by atoms with van der Waals surface area (Å²) in [5, 5.41) is 3.52. The van der Waals surface area contributed by atoms with E-state index in [1.54, 1.807) is 6.07 Å². The second kappa shape index (κ2) is 5.71. The molecule has 3 rings (SSSR count). The summed E-state index contributed by atoms with van der Waals surface area (Å²) >= 11 is 0. The summed E-state index contributed by atoms with van der Waals surface area (Å²) in [6.07, 6.45) is 6.05. The Kier molecular flexibility index (Phi) is 3.78. The number of aromatic amines is 1. The maximum atomic E-state index is 12.9. The molecule has 2 N–H and O–H groups in total. The molecule has 1 unspecified atom stereocenters. The van der Waals surface area contributed by atoms with Gasteiger partial charge in [-0.2, -0.15) is 0 Å². The Labute approximate surface area is 117 Å². The zero-order valence-corrected chi connectivity index (χ0v) is 11.6. The number of rotatable bonds is 2. The lowest BCUT2D eigenvalue weighted by molar-refractivity contribution is 0.511. The maximum absolute atomic E-state index is 12.9. The first kappa shape index (κ1) is 13.2. The minimum Gasteiger partial charge on any atom is -0.344 e. The van der Waals surface area contributed by atoms with Crippen molar-refractivity contribution >= 4 is 0 Å². The van der Waals surface area contributed by atoms with Gasteiger partial charge < -0.3 is 10.3 Å². The molecular weight excluding hydrogens is 255 g/mol. The highest BCUT2D eigenvalue weighted by Crippen LogP contribution is 2.25. The lowest BCUT2D eigenvalue weighted by atomic mass is 10.1. The van der Waals surface area contributed by atoms with E-state index in [1.165, 1.54) is 31.5 Å². The van der Waals surface area contributed by atoms with Gasteiger partial charge in [0.15, 0.2) is 0 Å². The van der Waals surface area contributed by atoms with Gasteiger partial charge in [0.25, 0.3) is 0 Å². The molecule has 3 heterocycles. The fraction of sp³-hybridized carbons (Fsp3) is 0.467. The topological polar surface area (TPSA) is 53.6 Å². The van der Waals surface area contributed by atoms with Crippen LogP contribution >= 0.6 is 0 Å². The van der Waals surface area contributed by atoms with Crippen LogP contribution in [0.3, 0.4) is 0 Å². The summed E-state index contributed by atoms with van der Waals surface area (Å²) in [7, 11) is 0. The minimum absolute atomic E-state index is 0.283. The van der Waals surface area contributed by atoms with Crippen molar-refractivity contribution in [2.75, 3.05) is 6.54 Å². The van der Waals surface area contributed by atoms with Crippen molar-refractivity contribution in [2.45, 2.75) is 38.6 Å². The van der Waals surface area contributed by atoms with Crippen molar-refractivity contribution in [3.63, 3.8) is 0 Å². The lowest BCUT2D eigenvalue weighted by Gasteiger charge is -2.12. The van der Waals surface area contributed by atoms with Crippen LogP contribution in [0.4, 0.5) is 4.39 Å². The smallest absolute Gasteiger partial charge is 0.141 e. The van der Waals surface area contributed by atoms with E-state index in [1.807, 2.05) is 6.92 Å². The fourth-order valence-corrected chi connectivity index (χ4v) is 2.68. The molecule has 0 bridgehead atoms. The molecule has 0 aliphatic carbocycles. The minimum atomic E-state index is -0.326. The number of halogens is 1. The summed E-state index contributed by atoms with van der Waals surface area (Å²) in [6, 6.07) is 3.37. The van der Waals surface area contributed by atoms with Crippen LogP contribution in [0, 0.1) is 12.7 Å². The quantitative estimate of drug-likeness (QED) is 0.884. The van der Waals surface area contributed by atoms with Crippen LogP contribution in [0.25, 0.3) is 11.4 Å². The number of nitrogens with zero attached hydrogens (tertiary/aromatic N) is 2. The van der Waals surface area contributed by atoms with E-state index >= 15 is 0 Å². The van der Waals surface area contributed by atoms with Crippen molar-refractivity contribution < 1.29 is 4.39 Å². The Morgan fingerprint density at radius 2 is 2.15 bits per heavy atom. The predicted octanol–water partition coefficient (Wildman–Crippen LogP) is 3.12. The van der Waals surface area contributed by atoms with Crippen molar-refractivity contribution in [3.8, 4) is 11.4 Å². The van der Waals surface area contributed by atoms with E-state index < -0.39 is 0 Å². The van der Waals surface area contributed by atoms with Crippen LogP contribution in [-0.2, 0) is 0 Å². The van der Waals surface area contributed by atoms with Crippen molar-refractivity contribution in [1.29, 1.82) is 0 Å². The third-order valence-electron chi connectivity index (χ3n) is 3.76. The number of hydrogen-bond acceptors (Lipinski definition) is 3. The van der Waals surface area contributed by atoms with Crippen LogP contribution in [0.1, 0.15) is 43.2 Å². The SMILES string of the molecule is Cc1[nH]c(C2CCCCCN2)nc1-c1ccc(F)cn1. The highest BCUT2D eigenvalue weighted by atomic mass is 19.1. The predicted molar refractivity (Wildman–Crippen MR) is 75.7 cm³/mol. The van der Waals surface area contributed by atoms with Gasteiger partial charge in [-0.1, -0.05) is 12.8 Å². The second-order valence-corrected chi connectivity index (χ2v) is 5.31. The highest BCUT2D eigenvalue weighted by Gasteiger charge is 2.19. The normalized spacial score (nSPS) is 19.8. The van der Waals surface area contributed by atoms with Gasteiger partial charge in [0.05, 0.1) is 17.9 Å². The van der Waals surface area contributed by atoms with E-state index in [0.717, 1.165) is 30.2 Å². The molecule has 20 heavy (non-hydrogen) atoms. The number of aromatic nitrogens is 3. The first-order chi connectivity index (χ1) is 9.74. The average molecular weight is 274 g/mol. The van der Waals surface area contributed by atoms with Crippen molar-refractivity contribution in [3.05, 3.63) is 35.7 Å². The second-order valence-electron chi connectivity index (χ2n) is 5.31. The molecule has 2 aromatic heterocycles. The third-order valence-corrected chi connectivity index (χ3v) is 3.76. The Morgan fingerprint density at radius 3 is 2.95 bits per heavy atom. The molecule has 2 aromatic rings. The van der Waals surface area contributed by atoms with Crippen molar-refractivity contribution in [1.82, 2.24) is 20.3 Å². The van der Waals surface area contributed by atoms with Crippen LogP contribution in [-0.4, -0.2) is 21.5 Å². The molecule has 1 atom stereocenters. The summed E-state index contributed by atoms with van der Waals surface area (Å²) < 4.78 is 12.9. The standard InChI is InChI=1S/C15H19FN4/c1-10-14(12-7-6-11(16)9-18-12)20-15(19-10)13-5-3-2-4-8-17-13/h6-7,9,13,17H,2-5,8H2,1H3,(H,19,20). The Hall–Kier alpha value is -1.75. The molecule has 1 aliphatic rings. The van der Waals surface area contributed by atoms with Gasteiger partial charge in [0, 0.05) is 5.69 Å². The number of pyridine rings is 1. The molecule has 0 saturated carbocycles. The molecule has 1 fully saturated rings. The van der Waals surface area contributed by atoms with E-state index in [-0.39, 0.29) is 11.9 Å². The maximum Gasteiger partial charge on any atom is 0.141 e. The Morgan fingerprint density at radius 1 is 1.25 bits per heavy atom. The summed E-state index contributed by atoms with van der Waals surface area (Å²) in [6.45, 7) is 3.02. The lowest BCUT2D eigenvalue weighted by Crippen LogP contribution is -2.21. The van der Waals surface area contributed by atoms with Gasteiger partial charge >= 0.3 is 0 Å². The van der Waals surface area contributed by atoms with E-state index in [2.05, 4.69) is 20.3 Å². The highest BCUT2D eigenvalue weighted by molar-refractivity contribution is 5.57. The molecule has 0 aromatic carbocycles. The zero-order chi connectivity index (χ0) is 13.9. The fourth-order valence-electron chi connectivity index (χ4n) is 2.68. The molecule has 106 valence electrons. The largest absolute Gasteiger partial charge is 0.344 e. The number of aryl methyl sites for hydroxylation is 1. The number of imidazole rings is 1. The molecule has 5 heteroatoms. The Balaban J connectivity index is 1.88. The molecule has 0 radical (unpaired) electrons. The average Bonchev–Trinajstić information content (AvgIpc) is 2.66. The van der Waals surface area contributed by atoms with Crippen LogP contribution in [0.2, 0.25) is 0 Å². The first-order valence-corrected chi connectivity index (χ1v) is 7.16. The number of H-pyrrole nitrogens is 1. The van der Waals surface area contributed by atoms with Crippen molar-refractivity contribution in [2.24, 2.45) is 0 Å². The van der Waals surface area contributed by atoms with Gasteiger partial charge in [-0.15, -0.1) is 0 Å². The van der Waals surface area contributed by atoms with Gasteiger partial charge in [-0.05, 0) is 38.4 Å². The molecule has 0 amide bonds. The summed E-state index contributed by atoms with van der Waals surface area (Å²) in [5.41, 5.74) is 2.50. The van der Waals surface area contributed by atoms with E-state index in [9.17, 15) is 4.39 Å².